The quantitative estimate of drug-likeness (QED) is 0.767. The molecule has 4 nitrogen and oxygen atoms in total. The van der Waals surface area contributed by atoms with Crippen LogP contribution < -0.4 is 10.2 Å². The summed E-state index contributed by atoms with van der Waals surface area (Å²) in [5.41, 5.74) is 3.50. The van der Waals surface area contributed by atoms with Gasteiger partial charge in [-0.05, 0) is 19.4 Å². The Morgan fingerprint density at radius 2 is 1.68 bits per heavy atom. The molecule has 136 valence electrons. The number of hydrogen-bond donors (Lipinski definition) is 1. The summed E-state index contributed by atoms with van der Waals surface area (Å²) in [6, 6.07) is 11.4. The van der Waals surface area contributed by atoms with Gasteiger partial charge in [0.15, 0.2) is 0 Å². The molecular weight excluding hydrogens is 308 g/mol. The third kappa shape index (κ3) is 5.53. The standard InChI is InChI=1S/C21H32N4/c1-15(2)21-23-13-20(19(24-21)12-22-16(3)4)25(17(5)6)14-18-10-8-7-9-11-18/h7-11,13,15-17,22H,12,14H2,1-6H3. The van der Waals surface area contributed by atoms with Crippen LogP contribution in [0.2, 0.25) is 0 Å². The monoisotopic (exact) mass is 340 g/mol. The van der Waals surface area contributed by atoms with E-state index in [-0.39, 0.29) is 0 Å². The molecule has 4 heteroatoms. The Hall–Kier alpha value is -1.94. The lowest BCUT2D eigenvalue weighted by atomic mass is 10.1. The van der Waals surface area contributed by atoms with Crippen LogP contribution in [0.25, 0.3) is 0 Å². The van der Waals surface area contributed by atoms with Gasteiger partial charge in [0.25, 0.3) is 0 Å². The zero-order valence-corrected chi connectivity index (χ0v) is 16.5. The van der Waals surface area contributed by atoms with Gasteiger partial charge < -0.3 is 10.2 Å². The molecule has 0 amide bonds. The summed E-state index contributed by atoms with van der Waals surface area (Å²) in [4.78, 5) is 11.9. The second-order valence-corrected chi connectivity index (χ2v) is 7.46. The molecule has 0 saturated heterocycles. The summed E-state index contributed by atoms with van der Waals surface area (Å²) < 4.78 is 0. The third-order valence-corrected chi connectivity index (χ3v) is 4.19. The van der Waals surface area contributed by atoms with Gasteiger partial charge in [0.2, 0.25) is 0 Å². The number of anilines is 1. The number of hydrogen-bond acceptors (Lipinski definition) is 4. The van der Waals surface area contributed by atoms with Crippen molar-refractivity contribution < 1.29 is 0 Å². The van der Waals surface area contributed by atoms with Gasteiger partial charge in [-0.15, -0.1) is 0 Å². The molecule has 2 aromatic rings. The van der Waals surface area contributed by atoms with E-state index in [9.17, 15) is 0 Å². The molecule has 25 heavy (non-hydrogen) atoms. The number of aromatic nitrogens is 2. The Morgan fingerprint density at radius 3 is 2.24 bits per heavy atom. The van der Waals surface area contributed by atoms with Gasteiger partial charge >= 0.3 is 0 Å². The Bertz CT molecular complexity index is 650. The maximum atomic E-state index is 4.87. The highest BCUT2D eigenvalue weighted by Gasteiger charge is 2.18. The molecule has 0 aliphatic rings. The lowest BCUT2D eigenvalue weighted by molar-refractivity contribution is 0.572. The van der Waals surface area contributed by atoms with Crippen LogP contribution in [0.3, 0.4) is 0 Å². The summed E-state index contributed by atoms with van der Waals surface area (Å²) >= 11 is 0. The van der Waals surface area contributed by atoms with Crippen molar-refractivity contribution >= 4 is 5.69 Å². The fourth-order valence-corrected chi connectivity index (χ4v) is 2.70. The van der Waals surface area contributed by atoms with Gasteiger partial charge in [-0.2, -0.15) is 0 Å². The lowest BCUT2D eigenvalue weighted by Gasteiger charge is -2.31. The summed E-state index contributed by atoms with van der Waals surface area (Å²) in [6.45, 7) is 14.7. The van der Waals surface area contributed by atoms with Gasteiger partial charge in [-0.25, -0.2) is 9.97 Å². The second kappa shape index (κ2) is 8.95. The van der Waals surface area contributed by atoms with Crippen LogP contribution in [0.5, 0.6) is 0 Å². The molecule has 0 atom stereocenters. The van der Waals surface area contributed by atoms with Crippen molar-refractivity contribution in [1.29, 1.82) is 0 Å². The van der Waals surface area contributed by atoms with Crippen LogP contribution in [-0.4, -0.2) is 22.1 Å². The summed E-state index contributed by atoms with van der Waals surface area (Å²) in [5, 5.41) is 3.51. The first-order chi connectivity index (χ1) is 11.9. The summed E-state index contributed by atoms with van der Waals surface area (Å²) in [5.74, 6) is 1.24. The number of nitrogens with zero attached hydrogens (tertiary/aromatic N) is 3. The highest BCUT2D eigenvalue weighted by molar-refractivity contribution is 5.50. The van der Waals surface area contributed by atoms with E-state index >= 15 is 0 Å². The van der Waals surface area contributed by atoms with Crippen molar-refractivity contribution in [3.8, 4) is 0 Å². The number of benzene rings is 1. The Kier molecular flexibility index (Phi) is 6.94. The molecule has 0 fully saturated rings. The molecular formula is C21H32N4. The minimum Gasteiger partial charge on any atom is -0.362 e. The van der Waals surface area contributed by atoms with Crippen LogP contribution in [0.4, 0.5) is 5.69 Å². The smallest absolute Gasteiger partial charge is 0.131 e. The SMILES string of the molecule is CC(C)NCc1nc(C(C)C)ncc1N(Cc1ccccc1)C(C)C. The molecule has 0 aliphatic carbocycles. The van der Waals surface area contributed by atoms with Gasteiger partial charge in [0.1, 0.15) is 5.82 Å². The van der Waals surface area contributed by atoms with Crippen molar-refractivity contribution in [1.82, 2.24) is 15.3 Å². The largest absolute Gasteiger partial charge is 0.362 e. The first kappa shape index (κ1) is 19.4. The molecule has 0 unspecified atom stereocenters. The van der Waals surface area contributed by atoms with E-state index in [1.807, 2.05) is 6.20 Å². The van der Waals surface area contributed by atoms with E-state index in [2.05, 4.69) is 87.1 Å². The maximum absolute atomic E-state index is 4.87. The molecule has 1 aromatic heterocycles. The van der Waals surface area contributed by atoms with Crippen LogP contribution in [0.1, 0.15) is 64.5 Å². The fraction of sp³-hybridized carbons (Fsp3) is 0.524. The molecule has 0 spiro atoms. The van der Waals surface area contributed by atoms with Crippen LogP contribution >= 0.6 is 0 Å². The van der Waals surface area contributed by atoms with Crippen molar-refractivity contribution in [3.63, 3.8) is 0 Å². The van der Waals surface area contributed by atoms with E-state index < -0.39 is 0 Å². The van der Waals surface area contributed by atoms with Crippen molar-refractivity contribution in [2.75, 3.05) is 4.90 Å². The first-order valence-corrected chi connectivity index (χ1v) is 9.28. The summed E-state index contributed by atoms with van der Waals surface area (Å²) in [7, 11) is 0. The molecule has 2 rings (SSSR count). The van der Waals surface area contributed by atoms with Gasteiger partial charge in [0.05, 0.1) is 17.6 Å². The molecule has 1 N–H and O–H groups in total. The van der Waals surface area contributed by atoms with E-state index in [1.165, 1.54) is 5.56 Å². The van der Waals surface area contributed by atoms with Gasteiger partial charge in [-0.1, -0.05) is 58.0 Å². The molecule has 1 aromatic carbocycles. The van der Waals surface area contributed by atoms with E-state index in [0.29, 0.717) is 18.0 Å². The maximum Gasteiger partial charge on any atom is 0.131 e. The van der Waals surface area contributed by atoms with Crippen molar-refractivity contribution in [2.45, 2.75) is 72.6 Å². The molecule has 0 radical (unpaired) electrons. The second-order valence-electron chi connectivity index (χ2n) is 7.46. The Labute approximate surface area is 152 Å². The van der Waals surface area contributed by atoms with Crippen LogP contribution in [0, 0.1) is 0 Å². The average Bonchev–Trinajstić information content (AvgIpc) is 2.58. The number of rotatable bonds is 8. The van der Waals surface area contributed by atoms with Gasteiger partial charge in [0, 0.05) is 31.1 Å². The average molecular weight is 341 g/mol. The number of nitrogens with one attached hydrogen (secondary N) is 1. The minimum absolute atomic E-state index is 0.327. The topological polar surface area (TPSA) is 41.1 Å². The van der Waals surface area contributed by atoms with Crippen LogP contribution in [-0.2, 0) is 13.1 Å². The van der Waals surface area contributed by atoms with Gasteiger partial charge in [-0.3, -0.25) is 0 Å². The Morgan fingerprint density at radius 1 is 1.00 bits per heavy atom. The fourth-order valence-electron chi connectivity index (χ4n) is 2.70. The molecule has 0 bridgehead atoms. The van der Waals surface area contributed by atoms with Crippen LogP contribution in [0.15, 0.2) is 36.5 Å². The van der Waals surface area contributed by atoms with E-state index in [4.69, 9.17) is 4.98 Å². The Balaban J connectivity index is 2.37. The van der Waals surface area contributed by atoms with E-state index in [1.54, 1.807) is 0 Å². The zero-order chi connectivity index (χ0) is 18.4. The van der Waals surface area contributed by atoms with E-state index in [0.717, 1.165) is 30.3 Å². The highest BCUT2D eigenvalue weighted by atomic mass is 15.2. The third-order valence-electron chi connectivity index (χ3n) is 4.19. The lowest BCUT2D eigenvalue weighted by Crippen LogP contribution is -2.33. The zero-order valence-electron chi connectivity index (χ0n) is 16.5. The van der Waals surface area contributed by atoms with Crippen molar-refractivity contribution in [3.05, 3.63) is 53.6 Å². The molecule has 0 saturated carbocycles. The normalized spacial score (nSPS) is 11.6. The molecule has 0 aliphatic heterocycles. The molecule has 1 heterocycles. The summed E-state index contributed by atoms with van der Waals surface area (Å²) in [6.07, 6.45) is 2.00. The first-order valence-electron chi connectivity index (χ1n) is 9.28. The highest BCUT2D eigenvalue weighted by Crippen LogP contribution is 2.24. The minimum atomic E-state index is 0.327. The van der Waals surface area contributed by atoms with Crippen molar-refractivity contribution in [2.24, 2.45) is 0 Å². The predicted octanol–water partition coefficient (Wildman–Crippen LogP) is 4.51. The predicted molar refractivity (Wildman–Crippen MR) is 106 cm³/mol.